The predicted molar refractivity (Wildman–Crippen MR) is 196 cm³/mol. The van der Waals surface area contributed by atoms with E-state index in [-0.39, 0.29) is 56.5 Å². The number of aliphatic imine (C=N–C) groups is 2. The standard InChI is InChI=1S/C14H22O7.C12H18N2O2.C6H14O2.C5H8O3/c1-3-13(15)20-11-9-18-7-5-17-6-8-19-10-12-21-14(16)4-2;1-11(2)4-10(14-9-16)5-12(3,6-11)7-13-8-15;7-5-3-1-2-4-6-8;1-2-5(7)8-4-3-6/h3-4H,1-2,5-12H2;10H,4-7H2,1-3H3;7-8H,1-6H2;2,6H,1,3-4H2. The summed E-state index contributed by atoms with van der Waals surface area (Å²) in [6.07, 6.45) is 13.0. The second-order valence-corrected chi connectivity index (χ2v) is 12.4. The van der Waals surface area contributed by atoms with Gasteiger partial charge in [0.1, 0.15) is 19.8 Å². The first-order chi connectivity index (χ1) is 25.3. The van der Waals surface area contributed by atoms with Crippen molar-refractivity contribution in [1.82, 2.24) is 0 Å². The molecule has 16 heteroatoms. The average molecular weight is 759 g/mol. The molecule has 0 bridgehead atoms. The average Bonchev–Trinajstić information content (AvgIpc) is 3.13. The summed E-state index contributed by atoms with van der Waals surface area (Å²) in [6, 6.07) is 0.00750. The lowest BCUT2D eigenvalue weighted by molar-refractivity contribution is -0.140. The Morgan fingerprint density at radius 1 is 0.642 bits per heavy atom. The molecule has 2 atom stereocenters. The molecule has 304 valence electrons. The van der Waals surface area contributed by atoms with Crippen LogP contribution in [0.5, 0.6) is 0 Å². The molecule has 1 saturated carbocycles. The van der Waals surface area contributed by atoms with Crippen molar-refractivity contribution in [3.8, 4) is 0 Å². The van der Waals surface area contributed by atoms with Crippen LogP contribution in [0.4, 0.5) is 0 Å². The fourth-order valence-corrected chi connectivity index (χ4v) is 4.93. The summed E-state index contributed by atoms with van der Waals surface area (Å²) in [5.74, 6) is -1.43. The van der Waals surface area contributed by atoms with Crippen LogP contribution in [-0.4, -0.2) is 137 Å². The summed E-state index contributed by atoms with van der Waals surface area (Å²) in [5.41, 5.74) is 0.0561. The van der Waals surface area contributed by atoms with Crippen LogP contribution in [0.1, 0.15) is 65.7 Å². The number of unbranched alkanes of at least 4 members (excludes halogenated alkanes) is 3. The van der Waals surface area contributed by atoms with Crippen LogP contribution in [0.3, 0.4) is 0 Å². The minimum atomic E-state index is -0.501. The van der Waals surface area contributed by atoms with Crippen molar-refractivity contribution in [2.75, 3.05) is 85.8 Å². The maximum atomic E-state index is 10.7. The highest BCUT2D eigenvalue weighted by Crippen LogP contribution is 2.47. The fourth-order valence-electron chi connectivity index (χ4n) is 4.93. The van der Waals surface area contributed by atoms with Gasteiger partial charge in [-0.3, -0.25) is 0 Å². The molecule has 0 saturated heterocycles. The summed E-state index contributed by atoms with van der Waals surface area (Å²) in [6.45, 7) is 19.7. The lowest BCUT2D eigenvalue weighted by Crippen LogP contribution is -2.39. The number of hydrogen-bond donors (Lipinski definition) is 3. The Kier molecular flexibility index (Phi) is 38.3. The molecule has 16 nitrogen and oxygen atoms in total. The van der Waals surface area contributed by atoms with Crippen molar-refractivity contribution in [2.45, 2.75) is 71.8 Å². The summed E-state index contributed by atoms with van der Waals surface area (Å²) < 4.78 is 29.3. The molecule has 1 aliphatic rings. The number of aliphatic hydroxyl groups is 3. The summed E-state index contributed by atoms with van der Waals surface area (Å²) >= 11 is 0. The lowest BCUT2D eigenvalue weighted by atomic mass is 9.63. The van der Waals surface area contributed by atoms with Crippen LogP contribution in [0.2, 0.25) is 0 Å². The summed E-state index contributed by atoms with van der Waals surface area (Å²) in [4.78, 5) is 59.5. The number of isocyanates is 2. The van der Waals surface area contributed by atoms with Gasteiger partial charge >= 0.3 is 17.9 Å². The molecule has 0 amide bonds. The van der Waals surface area contributed by atoms with Gasteiger partial charge in [0.2, 0.25) is 12.2 Å². The SMILES string of the molecule is C=CC(=O)OCCO.C=CC(=O)OCCOCCOCCOCCOC(=O)C=C.CC1(C)CC(N=C=O)CC(C)(CN=C=O)C1.OCCCCCCO. The van der Waals surface area contributed by atoms with Crippen molar-refractivity contribution in [3.63, 3.8) is 0 Å². The van der Waals surface area contributed by atoms with E-state index in [1.165, 1.54) is 0 Å². The van der Waals surface area contributed by atoms with Gasteiger partial charge in [0.25, 0.3) is 0 Å². The van der Waals surface area contributed by atoms with Crippen LogP contribution in [0, 0.1) is 10.8 Å². The van der Waals surface area contributed by atoms with Gasteiger partial charge in [-0.2, -0.15) is 0 Å². The molecule has 53 heavy (non-hydrogen) atoms. The van der Waals surface area contributed by atoms with Crippen LogP contribution in [0.25, 0.3) is 0 Å². The molecule has 1 fully saturated rings. The van der Waals surface area contributed by atoms with Crippen molar-refractivity contribution in [3.05, 3.63) is 38.0 Å². The first-order valence-electron chi connectivity index (χ1n) is 17.4. The van der Waals surface area contributed by atoms with Crippen LogP contribution in [-0.2, 0) is 52.4 Å². The quantitative estimate of drug-likeness (QED) is 0.0304. The van der Waals surface area contributed by atoms with Gasteiger partial charge in [-0.05, 0) is 42.9 Å². The molecule has 1 aliphatic carbocycles. The normalized spacial score (nSPS) is 16.4. The Morgan fingerprint density at radius 2 is 1.06 bits per heavy atom. The van der Waals surface area contributed by atoms with Gasteiger partial charge in [-0.15, -0.1) is 0 Å². The van der Waals surface area contributed by atoms with Crippen molar-refractivity contribution < 1.29 is 67.7 Å². The number of rotatable bonds is 25. The first kappa shape index (κ1) is 53.5. The number of carbonyl (C=O) groups excluding carboxylic acids is 5. The van der Waals surface area contributed by atoms with Gasteiger partial charge in [0, 0.05) is 31.4 Å². The number of nitrogens with zero attached hydrogens (tertiary/aromatic N) is 2. The van der Waals surface area contributed by atoms with E-state index in [2.05, 4.69) is 55.2 Å². The fraction of sp³-hybridized carbons (Fsp3) is 0.703. The third-order valence-electron chi connectivity index (χ3n) is 6.77. The molecule has 2 unspecified atom stereocenters. The molecular weight excluding hydrogens is 696 g/mol. The van der Waals surface area contributed by atoms with E-state index in [1.54, 1.807) is 12.2 Å². The highest BCUT2D eigenvalue weighted by molar-refractivity contribution is 5.81. The molecule has 0 radical (unpaired) electrons. The third kappa shape index (κ3) is 39.2. The molecule has 0 aromatic heterocycles. The molecule has 0 heterocycles. The van der Waals surface area contributed by atoms with Gasteiger partial charge in [-0.1, -0.05) is 53.3 Å². The van der Waals surface area contributed by atoms with Gasteiger partial charge in [-0.25, -0.2) is 34.0 Å². The van der Waals surface area contributed by atoms with E-state index in [0.29, 0.717) is 46.2 Å². The summed E-state index contributed by atoms with van der Waals surface area (Å²) in [7, 11) is 0. The van der Waals surface area contributed by atoms with Gasteiger partial charge in [0.05, 0.1) is 58.8 Å². The monoisotopic (exact) mass is 758 g/mol. The number of ether oxygens (including phenoxy) is 6. The molecule has 0 aromatic carbocycles. The number of aliphatic hydroxyl groups excluding tert-OH is 3. The van der Waals surface area contributed by atoms with E-state index < -0.39 is 17.9 Å². The number of esters is 3. The van der Waals surface area contributed by atoms with Gasteiger partial charge < -0.3 is 43.7 Å². The highest BCUT2D eigenvalue weighted by atomic mass is 16.6. The molecular formula is C37H62N2O14. The highest BCUT2D eigenvalue weighted by Gasteiger charge is 2.41. The van der Waals surface area contributed by atoms with E-state index in [1.807, 2.05) is 0 Å². The zero-order valence-corrected chi connectivity index (χ0v) is 31.8. The molecule has 3 N–H and O–H groups in total. The Morgan fingerprint density at radius 3 is 1.42 bits per heavy atom. The van der Waals surface area contributed by atoms with Crippen molar-refractivity contribution in [1.29, 1.82) is 0 Å². The second kappa shape index (κ2) is 37.9. The van der Waals surface area contributed by atoms with E-state index in [0.717, 1.165) is 63.2 Å². The van der Waals surface area contributed by atoms with E-state index in [4.69, 9.17) is 39.0 Å². The van der Waals surface area contributed by atoms with E-state index in [9.17, 15) is 24.0 Å². The minimum absolute atomic E-state index is 0.00750. The number of hydrogen-bond acceptors (Lipinski definition) is 16. The first-order valence-corrected chi connectivity index (χ1v) is 17.4. The van der Waals surface area contributed by atoms with Gasteiger partial charge in [0.15, 0.2) is 0 Å². The summed E-state index contributed by atoms with van der Waals surface area (Å²) in [5, 5.41) is 24.7. The zero-order chi connectivity index (χ0) is 40.6. The van der Waals surface area contributed by atoms with Crippen LogP contribution < -0.4 is 0 Å². The Hall–Kier alpha value is -3.85. The Labute approximate surface area is 313 Å². The number of carbonyl (C=O) groups is 3. The smallest absolute Gasteiger partial charge is 0.330 e. The molecule has 1 rings (SSSR count). The van der Waals surface area contributed by atoms with E-state index >= 15 is 0 Å². The van der Waals surface area contributed by atoms with Crippen molar-refractivity contribution >= 4 is 30.1 Å². The lowest BCUT2D eigenvalue weighted by Gasteiger charge is -2.44. The topological polar surface area (TPSA) is 226 Å². The van der Waals surface area contributed by atoms with Crippen LogP contribution in [0.15, 0.2) is 47.9 Å². The van der Waals surface area contributed by atoms with Crippen molar-refractivity contribution in [2.24, 2.45) is 20.8 Å². The zero-order valence-electron chi connectivity index (χ0n) is 31.8. The Bertz CT molecular complexity index is 1050. The minimum Gasteiger partial charge on any atom is -0.460 e. The largest absolute Gasteiger partial charge is 0.460 e. The second-order valence-electron chi connectivity index (χ2n) is 12.4. The molecule has 0 aromatic rings. The molecule has 0 aliphatic heterocycles. The Balaban J connectivity index is -0.000000684. The van der Waals surface area contributed by atoms with Crippen LogP contribution >= 0.6 is 0 Å². The third-order valence-corrected chi connectivity index (χ3v) is 6.77. The predicted octanol–water partition coefficient (Wildman–Crippen LogP) is 2.98. The maximum Gasteiger partial charge on any atom is 0.330 e. The maximum absolute atomic E-state index is 10.7. The molecule has 0 spiro atoms.